The third kappa shape index (κ3) is 5.37. The molecule has 0 amide bonds. The second kappa shape index (κ2) is 10.0. The summed E-state index contributed by atoms with van der Waals surface area (Å²) < 4.78 is 0. The van der Waals surface area contributed by atoms with Crippen molar-refractivity contribution in [1.82, 2.24) is 0 Å². The molecule has 0 aromatic heterocycles. The molecule has 1 atom stereocenters. The van der Waals surface area contributed by atoms with Gasteiger partial charge in [0, 0.05) is 24.2 Å². The Balaban J connectivity index is 1.21. The van der Waals surface area contributed by atoms with Gasteiger partial charge in [-0.1, -0.05) is 72.3 Å². The molecule has 5 rings (SSSR count). The first-order valence-electron chi connectivity index (χ1n) is 13.4. The van der Waals surface area contributed by atoms with Gasteiger partial charge in [0.05, 0.1) is 0 Å². The summed E-state index contributed by atoms with van der Waals surface area (Å²) in [5.41, 5.74) is 6.89. The van der Waals surface area contributed by atoms with E-state index in [-0.39, 0.29) is 5.41 Å². The van der Waals surface area contributed by atoms with Crippen LogP contribution in [0.5, 0.6) is 0 Å². The van der Waals surface area contributed by atoms with Crippen LogP contribution in [-0.4, -0.2) is 18.9 Å². The normalized spacial score (nSPS) is 21.4. The van der Waals surface area contributed by atoms with Crippen molar-refractivity contribution in [1.29, 1.82) is 0 Å². The van der Waals surface area contributed by atoms with E-state index in [9.17, 15) is 4.79 Å². The van der Waals surface area contributed by atoms with Crippen molar-refractivity contribution >= 4 is 11.5 Å². The van der Waals surface area contributed by atoms with Crippen molar-refractivity contribution in [3.63, 3.8) is 0 Å². The summed E-state index contributed by atoms with van der Waals surface area (Å²) >= 11 is 0. The number of piperidine rings is 1. The number of aryl methyl sites for hydroxylation is 3. The molecule has 182 valence electrons. The number of Topliss-reactive ketones (excluding diaryl/α,β-unsaturated/α-hetero) is 1. The van der Waals surface area contributed by atoms with E-state index >= 15 is 0 Å². The zero-order chi connectivity index (χ0) is 24.3. The van der Waals surface area contributed by atoms with Crippen LogP contribution in [0.15, 0.2) is 78.9 Å². The number of ketones is 1. The lowest BCUT2D eigenvalue weighted by molar-refractivity contribution is -0.126. The number of hydrogen-bond acceptors (Lipinski definition) is 2. The molecule has 1 saturated heterocycles. The van der Waals surface area contributed by atoms with Gasteiger partial charge in [-0.2, -0.15) is 0 Å². The number of anilines is 1. The monoisotopic (exact) mass is 465 g/mol. The Morgan fingerprint density at radius 3 is 1.91 bits per heavy atom. The molecular weight excluding hydrogens is 426 g/mol. The fourth-order valence-electron chi connectivity index (χ4n) is 6.54. The molecule has 0 radical (unpaired) electrons. The highest BCUT2D eigenvalue weighted by molar-refractivity contribution is 5.83. The first kappa shape index (κ1) is 23.9. The van der Waals surface area contributed by atoms with Gasteiger partial charge < -0.3 is 4.90 Å². The minimum absolute atomic E-state index is 0.182. The van der Waals surface area contributed by atoms with E-state index in [1.165, 1.54) is 47.2 Å². The molecule has 0 bridgehead atoms. The summed E-state index contributed by atoms with van der Waals surface area (Å²) in [6, 6.07) is 28.8. The number of carbonyl (C=O) groups is 1. The van der Waals surface area contributed by atoms with Gasteiger partial charge >= 0.3 is 0 Å². The standard InChI is InChI=1S/C33H39NO/c1-26-8-10-28(11-9-26)12-13-29-14-16-30(17-15-29)24-33(27(2)35)19-18-32(25-33)20-22-34(23-21-32)31-6-4-3-5-7-31/h3-11,14-17H,12-13,18-25H2,1-2H3. The summed E-state index contributed by atoms with van der Waals surface area (Å²) in [4.78, 5) is 15.5. The lowest BCUT2D eigenvalue weighted by Gasteiger charge is -2.41. The zero-order valence-corrected chi connectivity index (χ0v) is 21.4. The van der Waals surface area contributed by atoms with Crippen molar-refractivity contribution < 1.29 is 4.79 Å². The molecule has 2 aliphatic rings. The molecule has 0 N–H and O–H groups in total. The quantitative estimate of drug-likeness (QED) is 0.363. The molecule has 35 heavy (non-hydrogen) atoms. The predicted molar refractivity (Wildman–Crippen MR) is 146 cm³/mol. The van der Waals surface area contributed by atoms with Crippen molar-refractivity contribution in [3.8, 4) is 0 Å². The van der Waals surface area contributed by atoms with E-state index in [1.54, 1.807) is 0 Å². The van der Waals surface area contributed by atoms with E-state index in [2.05, 4.69) is 90.7 Å². The number of benzene rings is 3. The van der Waals surface area contributed by atoms with Gasteiger partial charge in [-0.25, -0.2) is 0 Å². The predicted octanol–water partition coefficient (Wildman–Crippen LogP) is 7.37. The topological polar surface area (TPSA) is 20.3 Å². The van der Waals surface area contributed by atoms with E-state index < -0.39 is 0 Å². The maximum absolute atomic E-state index is 13.0. The van der Waals surface area contributed by atoms with E-state index in [1.807, 2.05) is 6.92 Å². The van der Waals surface area contributed by atoms with Crippen LogP contribution in [-0.2, 0) is 24.1 Å². The average molecular weight is 466 g/mol. The van der Waals surface area contributed by atoms with E-state index in [0.29, 0.717) is 11.2 Å². The van der Waals surface area contributed by atoms with Crippen molar-refractivity contribution in [2.24, 2.45) is 10.8 Å². The summed E-state index contributed by atoms with van der Waals surface area (Å²) in [7, 11) is 0. The minimum atomic E-state index is -0.182. The molecular formula is C33H39NO. The van der Waals surface area contributed by atoms with E-state index in [0.717, 1.165) is 45.2 Å². The number of rotatable bonds is 7. The molecule has 2 nitrogen and oxygen atoms in total. The highest BCUT2D eigenvalue weighted by Gasteiger charge is 2.51. The first-order valence-corrected chi connectivity index (χ1v) is 13.4. The van der Waals surface area contributed by atoms with Crippen LogP contribution < -0.4 is 4.90 Å². The lowest BCUT2D eigenvalue weighted by Crippen LogP contribution is -2.40. The molecule has 1 saturated carbocycles. The SMILES string of the molecule is CC(=O)C1(Cc2ccc(CCc3ccc(C)cc3)cc2)CCC2(CCN(c3ccccc3)CC2)C1. The number of carbonyl (C=O) groups excluding carboxylic acids is 1. The van der Waals surface area contributed by atoms with Gasteiger partial charge in [0.25, 0.3) is 0 Å². The average Bonchev–Trinajstić information content (AvgIpc) is 3.24. The summed E-state index contributed by atoms with van der Waals surface area (Å²) in [6.07, 6.45) is 8.73. The maximum atomic E-state index is 13.0. The Labute approximate surface area is 211 Å². The van der Waals surface area contributed by atoms with Crippen LogP contribution in [0.1, 0.15) is 61.3 Å². The lowest BCUT2D eigenvalue weighted by atomic mass is 9.70. The molecule has 2 fully saturated rings. The fraction of sp³-hybridized carbons (Fsp3) is 0.424. The second-order valence-corrected chi connectivity index (χ2v) is 11.3. The highest BCUT2D eigenvalue weighted by atomic mass is 16.1. The molecule has 3 aromatic carbocycles. The first-order chi connectivity index (χ1) is 17.0. The Morgan fingerprint density at radius 2 is 1.31 bits per heavy atom. The summed E-state index contributed by atoms with van der Waals surface area (Å²) in [5.74, 6) is 0.392. The molecule has 2 heteroatoms. The molecule has 1 spiro atoms. The molecule has 1 aliphatic heterocycles. The van der Waals surface area contributed by atoms with Crippen molar-refractivity contribution in [3.05, 3.63) is 101 Å². The largest absolute Gasteiger partial charge is 0.371 e. The van der Waals surface area contributed by atoms with Crippen LogP contribution in [0, 0.1) is 17.8 Å². The van der Waals surface area contributed by atoms with E-state index in [4.69, 9.17) is 0 Å². The second-order valence-electron chi connectivity index (χ2n) is 11.3. The Hall–Kier alpha value is -2.87. The fourth-order valence-corrected chi connectivity index (χ4v) is 6.54. The Bertz CT molecular complexity index is 1120. The molecule has 1 aliphatic carbocycles. The third-order valence-corrected chi connectivity index (χ3v) is 8.93. The Kier molecular flexibility index (Phi) is 6.82. The van der Waals surface area contributed by atoms with Gasteiger partial charge in [-0.15, -0.1) is 0 Å². The van der Waals surface area contributed by atoms with Gasteiger partial charge in [0.15, 0.2) is 0 Å². The molecule has 1 heterocycles. The zero-order valence-electron chi connectivity index (χ0n) is 21.4. The van der Waals surface area contributed by atoms with Crippen LogP contribution in [0.2, 0.25) is 0 Å². The Morgan fingerprint density at radius 1 is 0.743 bits per heavy atom. The van der Waals surface area contributed by atoms with Crippen molar-refractivity contribution in [2.45, 2.75) is 65.2 Å². The van der Waals surface area contributed by atoms with Crippen LogP contribution >= 0.6 is 0 Å². The van der Waals surface area contributed by atoms with Gasteiger partial charge in [0.2, 0.25) is 0 Å². The molecule has 1 unspecified atom stereocenters. The van der Waals surface area contributed by atoms with Crippen LogP contribution in [0.4, 0.5) is 5.69 Å². The smallest absolute Gasteiger partial charge is 0.136 e. The van der Waals surface area contributed by atoms with Crippen molar-refractivity contribution in [2.75, 3.05) is 18.0 Å². The third-order valence-electron chi connectivity index (χ3n) is 8.93. The molecule has 3 aromatic rings. The highest BCUT2D eigenvalue weighted by Crippen LogP contribution is 2.56. The number of para-hydroxylation sites is 1. The van der Waals surface area contributed by atoms with Gasteiger partial charge in [-0.3, -0.25) is 4.79 Å². The minimum Gasteiger partial charge on any atom is -0.371 e. The van der Waals surface area contributed by atoms with Crippen LogP contribution in [0.25, 0.3) is 0 Å². The maximum Gasteiger partial charge on any atom is 0.136 e. The van der Waals surface area contributed by atoms with Gasteiger partial charge in [-0.05, 0) is 99.5 Å². The van der Waals surface area contributed by atoms with Gasteiger partial charge in [0.1, 0.15) is 5.78 Å². The summed E-state index contributed by atoms with van der Waals surface area (Å²) in [6.45, 7) is 6.19. The number of nitrogens with zero attached hydrogens (tertiary/aromatic N) is 1. The number of hydrogen-bond donors (Lipinski definition) is 0. The summed E-state index contributed by atoms with van der Waals surface area (Å²) in [5, 5.41) is 0. The van der Waals surface area contributed by atoms with Crippen LogP contribution in [0.3, 0.4) is 0 Å².